The number of rotatable bonds is 4. The van der Waals surface area contributed by atoms with Gasteiger partial charge >= 0.3 is 0 Å². The van der Waals surface area contributed by atoms with Crippen LogP contribution in [0.4, 0.5) is 5.82 Å². The van der Waals surface area contributed by atoms with Crippen molar-refractivity contribution in [3.63, 3.8) is 0 Å². The molecule has 4 nitrogen and oxygen atoms in total. The minimum Gasteiger partial charge on any atom is -0.263 e. The molecule has 0 unspecified atom stereocenters. The van der Waals surface area contributed by atoms with Crippen LogP contribution in [0.15, 0.2) is 65.6 Å². The van der Waals surface area contributed by atoms with E-state index >= 15 is 0 Å². The first-order valence-corrected chi connectivity index (χ1v) is 9.62. The van der Waals surface area contributed by atoms with Crippen LogP contribution in [0.3, 0.4) is 0 Å². The van der Waals surface area contributed by atoms with E-state index in [2.05, 4.69) is 9.71 Å². The molecule has 128 valence electrons. The molecule has 0 spiro atoms. The molecule has 0 amide bonds. The van der Waals surface area contributed by atoms with Crippen LogP contribution in [0.25, 0.3) is 11.3 Å². The van der Waals surface area contributed by atoms with Gasteiger partial charge in [0.05, 0.1) is 10.6 Å². The summed E-state index contributed by atoms with van der Waals surface area (Å²) in [6.45, 7) is 1.66. The molecular formula is C18H14Cl2N2O2S. The van der Waals surface area contributed by atoms with E-state index in [4.69, 9.17) is 23.2 Å². The highest BCUT2D eigenvalue weighted by atomic mass is 35.5. The number of halogens is 2. The van der Waals surface area contributed by atoms with E-state index in [1.807, 2.05) is 12.1 Å². The Balaban J connectivity index is 1.96. The Hall–Kier alpha value is -2.08. The Morgan fingerprint density at radius 2 is 1.68 bits per heavy atom. The highest BCUT2D eigenvalue weighted by molar-refractivity contribution is 7.92. The van der Waals surface area contributed by atoms with Gasteiger partial charge in [0.2, 0.25) is 0 Å². The number of hydrogen-bond acceptors (Lipinski definition) is 3. The minimum absolute atomic E-state index is 0.120. The standard InChI is InChI=1S/C18H14Cl2N2O2S/c1-12-15(20)7-3-9-17(12)25(23,24)22-18-10-4-8-16(21-18)13-5-2-6-14(19)11-13/h2-11H,1H3,(H,21,22). The maximum absolute atomic E-state index is 12.6. The van der Waals surface area contributed by atoms with Crippen LogP contribution in [-0.4, -0.2) is 13.4 Å². The molecule has 0 fully saturated rings. The van der Waals surface area contributed by atoms with Gasteiger partial charge in [-0.25, -0.2) is 13.4 Å². The average Bonchev–Trinajstić information content (AvgIpc) is 2.57. The number of anilines is 1. The zero-order valence-corrected chi connectivity index (χ0v) is 15.5. The highest BCUT2D eigenvalue weighted by Crippen LogP contribution is 2.26. The van der Waals surface area contributed by atoms with Gasteiger partial charge in [0.25, 0.3) is 10.0 Å². The van der Waals surface area contributed by atoms with Gasteiger partial charge in [-0.05, 0) is 48.9 Å². The van der Waals surface area contributed by atoms with Crippen molar-refractivity contribution in [2.75, 3.05) is 4.72 Å². The van der Waals surface area contributed by atoms with Crippen LogP contribution < -0.4 is 4.72 Å². The van der Waals surface area contributed by atoms with Crippen molar-refractivity contribution in [3.05, 3.63) is 76.3 Å². The van der Waals surface area contributed by atoms with Crippen LogP contribution in [0, 0.1) is 6.92 Å². The zero-order valence-electron chi connectivity index (χ0n) is 13.2. The number of sulfonamides is 1. The van der Waals surface area contributed by atoms with Crippen molar-refractivity contribution in [1.29, 1.82) is 0 Å². The van der Waals surface area contributed by atoms with Crippen LogP contribution >= 0.6 is 23.2 Å². The van der Waals surface area contributed by atoms with E-state index in [9.17, 15) is 8.42 Å². The van der Waals surface area contributed by atoms with Crippen LogP contribution in [0.2, 0.25) is 10.0 Å². The predicted molar refractivity (Wildman–Crippen MR) is 102 cm³/mol. The summed E-state index contributed by atoms with van der Waals surface area (Å²) >= 11 is 12.0. The highest BCUT2D eigenvalue weighted by Gasteiger charge is 2.19. The molecule has 1 aromatic heterocycles. The number of hydrogen-bond donors (Lipinski definition) is 1. The summed E-state index contributed by atoms with van der Waals surface area (Å²) in [5.41, 5.74) is 1.90. The van der Waals surface area contributed by atoms with E-state index in [1.165, 1.54) is 6.07 Å². The summed E-state index contributed by atoms with van der Waals surface area (Å²) in [6, 6.07) is 17.0. The van der Waals surface area contributed by atoms with Gasteiger partial charge in [-0.15, -0.1) is 0 Å². The molecule has 0 atom stereocenters. The Bertz CT molecular complexity index is 1040. The molecule has 0 radical (unpaired) electrons. The Kier molecular flexibility index (Phi) is 4.99. The topological polar surface area (TPSA) is 59.1 Å². The number of pyridine rings is 1. The number of nitrogens with one attached hydrogen (secondary N) is 1. The summed E-state index contributed by atoms with van der Waals surface area (Å²) in [4.78, 5) is 4.49. The summed E-state index contributed by atoms with van der Waals surface area (Å²) < 4.78 is 27.8. The first-order chi connectivity index (χ1) is 11.9. The average molecular weight is 393 g/mol. The van der Waals surface area contributed by atoms with E-state index in [0.717, 1.165) is 5.56 Å². The van der Waals surface area contributed by atoms with Crippen molar-refractivity contribution in [2.24, 2.45) is 0 Å². The molecule has 0 aliphatic rings. The van der Waals surface area contributed by atoms with Crippen LogP contribution in [-0.2, 0) is 10.0 Å². The molecule has 0 saturated heterocycles. The zero-order chi connectivity index (χ0) is 18.0. The molecule has 0 aliphatic heterocycles. The Morgan fingerprint density at radius 1 is 0.960 bits per heavy atom. The quantitative estimate of drug-likeness (QED) is 0.666. The van der Waals surface area contributed by atoms with Gasteiger partial charge in [-0.1, -0.05) is 47.5 Å². The van der Waals surface area contributed by atoms with Crippen LogP contribution in [0.5, 0.6) is 0 Å². The van der Waals surface area contributed by atoms with Gasteiger partial charge < -0.3 is 0 Å². The molecule has 1 N–H and O–H groups in total. The van der Waals surface area contributed by atoms with Crippen molar-refractivity contribution in [3.8, 4) is 11.3 Å². The van der Waals surface area contributed by atoms with E-state index in [-0.39, 0.29) is 10.7 Å². The molecule has 1 heterocycles. The second kappa shape index (κ2) is 7.04. The summed E-state index contributed by atoms with van der Waals surface area (Å²) in [5.74, 6) is 0.219. The number of benzene rings is 2. The fraction of sp³-hybridized carbons (Fsp3) is 0.0556. The summed E-state index contributed by atoms with van der Waals surface area (Å²) in [6.07, 6.45) is 0. The molecule has 2 aromatic carbocycles. The molecule has 3 rings (SSSR count). The maximum Gasteiger partial charge on any atom is 0.263 e. The lowest BCUT2D eigenvalue weighted by Crippen LogP contribution is -2.15. The SMILES string of the molecule is Cc1c(Cl)cccc1S(=O)(=O)Nc1cccc(-c2cccc(Cl)c2)n1. The monoisotopic (exact) mass is 392 g/mol. The Morgan fingerprint density at radius 3 is 2.44 bits per heavy atom. The van der Waals surface area contributed by atoms with E-state index < -0.39 is 10.0 Å². The van der Waals surface area contributed by atoms with Crippen molar-refractivity contribution in [1.82, 2.24) is 4.98 Å². The molecular weight excluding hydrogens is 379 g/mol. The normalized spacial score (nSPS) is 11.3. The lowest BCUT2D eigenvalue weighted by Gasteiger charge is -2.11. The van der Waals surface area contributed by atoms with Gasteiger partial charge in [0, 0.05) is 15.6 Å². The second-order valence-electron chi connectivity index (χ2n) is 5.39. The lowest BCUT2D eigenvalue weighted by molar-refractivity contribution is 0.600. The van der Waals surface area contributed by atoms with Crippen molar-refractivity contribution < 1.29 is 8.42 Å². The third-order valence-corrected chi connectivity index (χ3v) is 5.76. The van der Waals surface area contributed by atoms with Gasteiger partial charge in [0.1, 0.15) is 5.82 Å². The Labute approximate surface area is 156 Å². The lowest BCUT2D eigenvalue weighted by atomic mass is 10.1. The van der Waals surface area contributed by atoms with Crippen molar-refractivity contribution in [2.45, 2.75) is 11.8 Å². The molecule has 3 aromatic rings. The number of nitrogens with zero attached hydrogens (tertiary/aromatic N) is 1. The van der Waals surface area contributed by atoms with Gasteiger partial charge in [0.15, 0.2) is 0 Å². The molecule has 0 aliphatic carbocycles. The summed E-state index contributed by atoms with van der Waals surface area (Å²) in [7, 11) is -3.80. The summed E-state index contributed by atoms with van der Waals surface area (Å²) in [5, 5.41) is 0.975. The number of aromatic nitrogens is 1. The second-order valence-corrected chi connectivity index (χ2v) is 7.88. The first-order valence-electron chi connectivity index (χ1n) is 7.38. The van der Waals surface area contributed by atoms with E-state index in [0.29, 0.717) is 21.3 Å². The molecule has 25 heavy (non-hydrogen) atoms. The molecule has 0 saturated carbocycles. The van der Waals surface area contributed by atoms with Gasteiger partial charge in [-0.2, -0.15) is 0 Å². The van der Waals surface area contributed by atoms with Gasteiger partial charge in [-0.3, -0.25) is 4.72 Å². The fourth-order valence-corrected chi connectivity index (χ4v) is 4.06. The molecule has 0 bridgehead atoms. The predicted octanol–water partition coefficient (Wildman–Crippen LogP) is 5.16. The largest absolute Gasteiger partial charge is 0.263 e. The maximum atomic E-state index is 12.6. The molecule has 7 heteroatoms. The smallest absolute Gasteiger partial charge is 0.263 e. The van der Waals surface area contributed by atoms with E-state index in [1.54, 1.807) is 49.4 Å². The fourth-order valence-electron chi connectivity index (χ4n) is 2.37. The van der Waals surface area contributed by atoms with Crippen molar-refractivity contribution >= 4 is 39.0 Å². The van der Waals surface area contributed by atoms with Crippen LogP contribution in [0.1, 0.15) is 5.56 Å². The third-order valence-electron chi connectivity index (χ3n) is 3.62. The third kappa shape index (κ3) is 3.95. The minimum atomic E-state index is -3.80. The first kappa shape index (κ1) is 17.7.